The Hall–Kier alpha value is -1.75. The number of nitrogens with one attached hydrogen (secondary N) is 1. The molecule has 0 spiro atoms. The molecule has 5 heteroatoms. The highest BCUT2D eigenvalue weighted by Crippen LogP contribution is 2.32. The highest BCUT2D eigenvalue weighted by atomic mass is 16.5. The summed E-state index contributed by atoms with van der Waals surface area (Å²) in [5.74, 6) is 0.688. The number of carbonyl (C=O) groups excluding carboxylic acids is 1. The van der Waals surface area contributed by atoms with Crippen molar-refractivity contribution >= 4 is 17.3 Å². The van der Waals surface area contributed by atoms with E-state index < -0.39 is 0 Å². The Kier molecular flexibility index (Phi) is 3.78. The molecule has 0 radical (unpaired) electrons. The Labute approximate surface area is 119 Å². The van der Waals surface area contributed by atoms with Crippen LogP contribution in [0.5, 0.6) is 5.75 Å². The van der Waals surface area contributed by atoms with Gasteiger partial charge in [0.1, 0.15) is 12.4 Å². The van der Waals surface area contributed by atoms with Crippen LogP contribution in [0.15, 0.2) is 12.1 Å². The smallest absolute Gasteiger partial charge is 0.228 e. The number of nitrogen functional groups attached to an aromatic ring is 1. The standard InChI is InChI=1S/C15H21N3O2/c16-12-8-11-9-15(19)17-13(11)10-14(12)20-7-6-18-4-2-1-3-5-18/h8,10H,1-7,9,16H2,(H,17,19). The molecule has 1 amide bonds. The summed E-state index contributed by atoms with van der Waals surface area (Å²) >= 11 is 0. The second-order valence-corrected chi connectivity index (χ2v) is 5.52. The molecule has 1 aromatic carbocycles. The summed E-state index contributed by atoms with van der Waals surface area (Å²) in [6, 6.07) is 3.68. The molecule has 1 fully saturated rings. The predicted molar refractivity (Wildman–Crippen MR) is 79.0 cm³/mol. The van der Waals surface area contributed by atoms with Gasteiger partial charge in [0.05, 0.1) is 12.1 Å². The number of benzene rings is 1. The molecule has 0 bridgehead atoms. The van der Waals surface area contributed by atoms with Gasteiger partial charge in [-0.15, -0.1) is 0 Å². The summed E-state index contributed by atoms with van der Waals surface area (Å²) in [6.07, 6.45) is 4.32. The van der Waals surface area contributed by atoms with Crippen LogP contribution in [0, 0.1) is 0 Å². The van der Waals surface area contributed by atoms with Crippen molar-refractivity contribution in [3.63, 3.8) is 0 Å². The van der Waals surface area contributed by atoms with Crippen LogP contribution in [0.3, 0.4) is 0 Å². The molecule has 0 aromatic heterocycles. The van der Waals surface area contributed by atoms with Crippen LogP contribution >= 0.6 is 0 Å². The van der Waals surface area contributed by atoms with Crippen molar-refractivity contribution in [3.8, 4) is 5.75 Å². The van der Waals surface area contributed by atoms with Crippen molar-refractivity contribution in [2.75, 3.05) is 37.3 Å². The molecular formula is C15H21N3O2. The van der Waals surface area contributed by atoms with E-state index >= 15 is 0 Å². The third-order valence-electron chi connectivity index (χ3n) is 3.97. The van der Waals surface area contributed by atoms with Crippen molar-refractivity contribution in [1.29, 1.82) is 0 Å². The van der Waals surface area contributed by atoms with E-state index in [2.05, 4.69) is 10.2 Å². The number of rotatable bonds is 4. The summed E-state index contributed by atoms with van der Waals surface area (Å²) < 4.78 is 5.78. The molecule has 0 unspecified atom stereocenters. The highest BCUT2D eigenvalue weighted by Gasteiger charge is 2.20. The minimum atomic E-state index is 0.0184. The average Bonchev–Trinajstić information content (AvgIpc) is 2.79. The first-order valence-corrected chi connectivity index (χ1v) is 7.30. The van der Waals surface area contributed by atoms with Gasteiger partial charge in [-0.3, -0.25) is 9.69 Å². The van der Waals surface area contributed by atoms with Crippen LogP contribution < -0.4 is 15.8 Å². The van der Waals surface area contributed by atoms with Crippen molar-refractivity contribution in [1.82, 2.24) is 4.90 Å². The van der Waals surface area contributed by atoms with Gasteiger partial charge >= 0.3 is 0 Å². The van der Waals surface area contributed by atoms with Gasteiger partial charge in [0.25, 0.3) is 0 Å². The quantitative estimate of drug-likeness (QED) is 0.820. The van der Waals surface area contributed by atoms with E-state index in [0.29, 0.717) is 24.5 Å². The Bertz CT molecular complexity index is 510. The van der Waals surface area contributed by atoms with E-state index in [-0.39, 0.29) is 5.91 Å². The zero-order chi connectivity index (χ0) is 13.9. The largest absolute Gasteiger partial charge is 0.490 e. The number of fused-ring (bicyclic) bond motifs is 1. The fourth-order valence-corrected chi connectivity index (χ4v) is 2.87. The topological polar surface area (TPSA) is 67.6 Å². The van der Waals surface area contributed by atoms with Crippen molar-refractivity contribution in [2.45, 2.75) is 25.7 Å². The number of hydrogen-bond acceptors (Lipinski definition) is 4. The lowest BCUT2D eigenvalue weighted by atomic mass is 10.1. The molecule has 2 aliphatic rings. The van der Waals surface area contributed by atoms with Gasteiger partial charge in [-0.2, -0.15) is 0 Å². The maximum atomic E-state index is 11.3. The van der Waals surface area contributed by atoms with Gasteiger partial charge < -0.3 is 15.8 Å². The van der Waals surface area contributed by atoms with E-state index in [1.54, 1.807) is 0 Å². The summed E-state index contributed by atoms with van der Waals surface area (Å²) in [4.78, 5) is 13.8. The molecule has 1 aromatic rings. The van der Waals surface area contributed by atoms with Gasteiger partial charge in [0.2, 0.25) is 5.91 Å². The molecular weight excluding hydrogens is 254 g/mol. The van der Waals surface area contributed by atoms with Crippen molar-refractivity contribution < 1.29 is 9.53 Å². The lowest BCUT2D eigenvalue weighted by Gasteiger charge is -2.26. The van der Waals surface area contributed by atoms with E-state index in [1.165, 1.54) is 32.4 Å². The third kappa shape index (κ3) is 2.88. The SMILES string of the molecule is Nc1cc2c(cc1OCCN1CCCCC1)NC(=O)C2. The minimum Gasteiger partial charge on any atom is -0.490 e. The fourth-order valence-electron chi connectivity index (χ4n) is 2.87. The van der Waals surface area contributed by atoms with Gasteiger partial charge in [-0.25, -0.2) is 0 Å². The number of nitrogens with zero attached hydrogens (tertiary/aromatic N) is 1. The number of amides is 1. The van der Waals surface area contributed by atoms with E-state index in [1.807, 2.05) is 12.1 Å². The van der Waals surface area contributed by atoms with E-state index in [0.717, 1.165) is 17.8 Å². The number of piperidine rings is 1. The molecule has 0 atom stereocenters. The molecule has 20 heavy (non-hydrogen) atoms. The number of nitrogens with two attached hydrogens (primary N) is 1. The summed E-state index contributed by atoms with van der Waals surface area (Å²) in [6.45, 7) is 3.90. The number of likely N-dealkylation sites (tertiary alicyclic amines) is 1. The fraction of sp³-hybridized carbons (Fsp3) is 0.533. The first kappa shape index (κ1) is 13.2. The maximum Gasteiger partial charge on any atom is 0.228 e. The van der Waals surface area contributed by atoms with Gasteiger partial charge in [-0.05, 0) is 37.6 Å². The Balaban J connectivity index is 1.57. The molecule has 0 aliphatic carbocycles. The molecule has 2 heterocycles. The Morgan fingerprint density at radius 1 is 1.25 bits per heavy atom. The average molecular weight is 275 g/mol. The maximum absolute atomic E-state index is 11.3. The van der Waals surface area contributed by atoms with Crippen molar-refractivity contribution in [3.05, 3.63) is 17.7 Å². The van der Waals surface area contributed by atoms with Crippen LogP contribution in [-0.2, 0) is 11.2 Å². The number of ether oxygens (including phenoxy) is 1. The lowest BCUT2D eigenvalue weighted by molar-refractivity contribution is -0.115. The van der Waals surface area contributed by atoms with Crippen LogP contribution in [0.2, 0.25) is 0 Å². The van der Waals surface area contributed by atoms with E-state index in [4.69, 9.17) is 10.5 Å². The van der Waals surface area contributed by atoms with Crippen LogP contribution in [0.1, 0.15) is 24.8 Å². The molecule has 1 saturated heterocycles. The Morgan fingerprint density at radius 2 is 2.05 bits per heavy atom. The minimum absolute atomic E-state index is 0.0184. The summed E-state index contributed by atoms with van der Waals surface area (Å²) in [5, 5.41) is 2.82. The van der Waals surface area contributed by atoms with Crippen molar-refractivity contribution in [2.24, 2.45) is 0 Å². The molecule has 5 nitrogen and oxygen atoms in total. The lowest BCUT2D eigenvalue weighted by Crippen LogP contribution is -2.33. The van der Waals surface area contributed by atoms with Crippen LogP contribution in [0.25, 0.3) is 0 Å². The predicted octanol–water partition coefficient (Wildman–Crippen LogP) is 1.63. The molecule has 0 saturated carbocycles. The normalized spacial score (nSPS) is 18.7. The Morgan fingerprint density at radius 3 is 2.85 bits per heavy atom. The van der Waals surface area contributed by atoms with Gasteiger partial charge in [0, 0.05) is 18.3 Å². The molecule has 2 aliphatic heterocycles. The highest BCUT2D eigenvalue weighted by molar-refractivity contribution is 6.00. The zero-order valence-electron chi connectivity index (χ0n) is 11.7. The van der Waals surface area contributed by atoms with Crippen LogP contribution in [-0.4, -0.2) is 37.0 Å². The monoisotopic (exact) mass is 275 g/mol. The second-order valence-electron chi connectivity index (χ2n) is 5.52. The second kappa shape index (κ2) is 5.71. The summed E-state index contributed by atoms with van der Waals surface area (Å²) in [5.41, 5.74) is 8.38. The van der Waals surface area contributed by atoms with Gasteiger partial charge in [0.15, 0.2) is 0 Å². The van der Waals surface area contributed by atoms with E-state index in [9.17, 15) is 4.79 Å². The molecule has 108 valence electrons. The molecule has 3 rings (SSSR count). The summed E-state index contributed by atoms with van der Waals surface area (Å²) in [7, 11) is 0. The first-order valence-electron chi connectivity index (χ1n) is 7.30. The van der Waals surface area contributed by atoms with Gasteiger partial charge in [-0.1, -0.05) is 6.42 Å². The first-order chi connectivity index (χ1) is 9.72. The number of carbonyl (C=O) groups is 1. The number of anilines is 2. The zero-order valence-corrected chi connectivity index (χ0v) is 11.7. The number of hydrogen-bond donors (Lipinski definition) is 2. The molecule has 3 N–H and O–H groups in total. The van der Waals surface area contributed by atoms with Crippen LogP contribution in [0.4, 0.5) is 11.4 Å². The third-order valence-corrected chi connectivity index (χ3v) is 3.97.